The summed E-state index contributed by atoms with van der Waals surface area (Å²) in [5.74, 6) is 2.00. The standard InChI is InChI=1S/C19H26F3N5.C10H9F3/c1-13(11-16(26-24)18(23)19(20,21)22)27-10-6-9-17(27)14(2)25-12-15-7-4-3-5-8-15;11-9-4-2-1-3-8(9)7-5-10(12,13)6-7/h3-5,7-8,17,25-26H,1-2,6,9-12,23-24H2;1-4,7H,5-6H2/b18-16-;. The number of nitrogens with zero attached hydrogens (tertiary/aromatic N) is 1. The van der Waals surface area contributed by atoms with Gasteiger partial charge in [-0.25, -0.2) is 13.2 Å². The predicted molar refractivity (Wildman–Crippen MR) is 144 cm³/mol. The molecule has 0 spiro atoms. The Kier molecular flexibility index (Phi) is 10.2. The molecule has 0 radical (unpaired) electrons. The van der Waals surface area contributed by atoms with Gasteiger partial charge < -0.3 is 21.4 Å². The van der Waals surface area contributed by atoms with Crippen LogP contribution in [0.5, 0.6) is 0 Å². The zero-order chi connectivity index (χ0) is 29.5. The molecule has 5 nitrogen and oxygen atoms in total. The number of halogens is 6. The average Bonchev–Trinajstić information content (AvgIpc) is 3.40. The summed E-state index contributed by atoms with van der Waals surface area (Å²) in [6, 6.07) is 16.0. The molecule has 1 aliphatic carbocycles. The van der Waals surface area contributed by atoms with Crippen LogP contribution in [0.15, 0.2) is 90.5 Å². The highest BCUT2D eigenvalue weighted by Crippen LogP contribution is 2.48. The smallest absolute Gasteiger partial charge is 0.393 e. The Morgan fingerprint density at radius 3 is 2.23 bits per heavy atom. The molecule has 1 unspecified atom stereocenters. The lowest BCUT2D eigenvalue weighted by Crippen LogP contribution is -2.37. The number of nitrogens with one attached hydrogen (secondary N) is 2. The lowest BCUT2D eigenvalue weighted by Gasteiger charge is -2.35. The quantitative estimate of drug-likeness (QED) is 0.165. The van der Waals surface area contributed by atoms with E-state index >= 15 is 0 Å². The number of benzene rings is 2. The summed E-state index contributed by atoms with van der Waals surface area (Å²) in [4.78, 5) is 1.96. The number of alkyl halides is 5. The van der Waals surface area contributed by atoms with Crippen molar-refractivity contribution in [1.82, 2.24) is 15.6 Å². The summed E-state index contributed by atoms with van der Waals surface area (Å²) in [6.45, 7) is 9.38. The van der Waals surface area contributed by atoms with E-state index < -0.39 is 17.8 Å². The first kappa shape index (κ1) is 30.9. The summed E-state index contributed by atoms with van der Waals surface area (Å²) in [7, 11) is 0. The molecule has 6 N–H and O–H groups in total. The van der Waals surface area contributed by atoms with Crippen molar-refractivity contribution in [1.29, 1.82) is 0 Å². The molecule has 2 aromatic carbocycles. The van der Waals surface area contributed by atoms with Crippen molar-refractivity contribution in [3.63, 3.8) is 0 Å². The van der Waals surface area contributed by atoms with Gasteiger partial charge in [-0.15, -0.1) is 0 Å². The highest BCUT2D eigenvalue weighted by atomic mass is 19.4. The van der Waals surface area contributed by atoms with Crippen LogP contribution in [0, 0.1) is 5.82 Å². The Morgan fingerprint density at radius 2 is 1.65 bits per heavy atom. The molecular formula is C29H35F6N5. The number of likely N-dealkylation sites (tertiary alicyclic amines) is 1. The monoisotopic (exact) mass is 567 g/mol. The number of rotatable bonds is 9. The fraction of sp³-hybridized carbons (Fsp3) is 0.379. The van der Waals surface area contributed by atoms with Crippen molar-refractivity contribution in [2.45, 2.75) is 62.7 Å². The van der Waals surface area contributed by atoms with Crippen molar-refractivity contribution in [3.8, 4) is 0 Å². The van der Waals surface area contributed by atoms with Gasteiger partial charge in [0.05, 0.1) is 11.7 Å². The van der Waals surface area contributed by atoms with Gasteiger partial charge in [-0.1, -0.05) is 61.7 Å². The van der Waals surface area contributed by atoms with E-state index in [-0.39, 0.29) is 42.7 Å². The van der Waals surface area contributed by atoms with E-state index in [0.717, 1.165) is 24.1 Å². The lowest BCUT2D eigenvalue weighted by molar-refractivity contribution is -0.0940. The van der Waals surface area contributed by atoms with Crippen LogP contribution < -0.4 is 22.3 Å². The third-order valence-electron chi connectivity index (χ3n) is 7.04. The topological polar surface area (TPSA) is 79.3 Å². The highest BCUT2D eigenvalue weighted by molar-refractivity contribution is 5.25. The molecule has 2 aliphatic rings. The molecule has 1 aliphatic heterocycles. The van der Waals surface area contributed by atoms with Crippen LogP contribution in [0.4, 0.5) is 26.3 Å². The molecule has 2 aromatic rings. The molecule has 40 heavy (non-hydrogen) atoms. The van der Waals surface area contributed by atoms with Gasteiger partial charge in [0, 0.05) is 43.7 Å². The van der Waals surface area contributed by atoms with Gasteiger partial charge in [0.2, 0.25) is 5.92 Å². The van der Waals surface area contributed by atoms with E-state index in [1.165, 1.54) is 6.07 Å². The number of allylic oxidation sites excluding steroid dienone is 1. The molecule has 0 amide bonds. The summed E-state index contributed by atoms with van der Waals surface area (Å²) < 4.78 is 76.5. The first-order valence-electron chi connectivity index (χ1n) is 12.9. The van der Waals surface area contributed by atoms with Crippen molar-refractivity contribution < 1.29 is 26.3 Å². The zero-order valence-electron chi connectivity index (χ0n) is 22.1. The van der Waals surface area contributed by atoms with Crippen molar-refractivity contribution in [2.24, 2.45) is 11.6 Å². The Balaban J connectivity index is 0.000000281. The van der Waals surface area contributed by atoms with Crippen molar-refractivity contribution in [2.75, 3.05) is 6.54 Å². The second-order valence-corrected chi connectivity index (χ2v) is 9.98. The van der Waals surface area contributed by atoms with Gasteiger partial charge in [0.15, 0.2) is 0 Å². The molecule has 1 saturated heterocycles. The lowest BCUT2D eigenvalue weighted by atomic mass is 9.76. The summed E-state index contributed by atoms with van der Waals surface area (Å²) >= 11 is 0. The van der Waals surface area contributed by atoms with Crippen LogP contribution in [0.25, 0.3) is 0 Å². The van der Waals surface area contributed by atoms with Crippen molar-refractivity contribution in [3.05, 3.63) is 107 Å². The molecule has 1 heterocycles. The number of hydrogen-bond acceptors (Lipinski definition) is 5. The Hall–Kier alpha value is -3.60. The van der Waals surface area contributed by atoms with Crippen LogP contribution in [0.3, 0.4) is 0 Å². The van der Waals surface area contributed by atoms with Crippen LogP contribution in [-0.4, -0.2) is 29.6 Å². The zero-order valence-corrected chi connectivity index (χ0v) is 22.1. The van der Waals surface area contributed by atoms with Crippen LogP contribution in [-0.2, 0) is 6.54 Å². The maximum atomic E-state index is 13.1. The van der Waals surface area contributed by atoms with E-state index in [4.69, 9.17) is 11.6 Å². The highest BCUT2D eigenvalue weighted by Gasteiger charge is 2.46. The van der Waals surface area contributed by atoms with Gasteiger partial charge in [-0.05, 0) is 36.0 Å². The van der Waals surface area contributed by atoms with E-state index in [9.17, 15) is 26.3 Å². The predicted octanol–water partition coefficient (Wildman–Crippen LogP) is 6.19. The maximum absolute atomic E-state index is 13.1. The first-order valence-corrected chi connectivity index (χ1v) is 12.9. The van der Waals surface area contributed by atoms with E-state index in [1.54, 1.807) is 18.2 Å². The van der Waals surface area contributed by atoms with Crippen LogP contribution >= 0.6 is 0 Å². The van der Waals surface area contributed by atoms with Gasteiger partial charge in [-0.2, -0.15) is 13.2 Å². The molecular weight excluding hydrogens is 532 g/mol. The SMILES string of the molecule is C=C(NCc1ccccc1)C1CCCN1C(=C)C/C(NN)=C(/N)C(F)(F)F.Fc1ccccc1C1CC(F)(F)C1. The second-order valence-electron chi connectivity index (χ2n) is 9.98. The third kappa shape index (κ3) is 8.20. The summed E-state index contributed by atoms with van der Waals surface area (Å²) in [5, 5.41) is 3.31. The Labute approximate surface area is 230 Å². The molecule has 1 saturated carbocycles. The fourth-order valence-corrected chi connectivity index (χ4v) is 4.82. The number of nitrogens with two attached hydrogens (primary N) is 2. The largest absolute Gasteiger partial charge is 0.432 e. The van der Waals surface area contributed by atoms with E-state index in [2.05, 4.69) is 23.9 Å². The van der Waals surface area contributed by atoms with Crippen molar-refractivity contribution >= 4 is 0 Å². The minimum atomic E-state index is -4.65. The molecule has 11 heteroatoms. The van der Waals surface area contributed by atoms with Gasteiger partial charge in [-0.3, -0.25) is 5.84 Å². The van der Waals surface area contributed by atoms with E-state index in [1.807, 2.05) is 35.2 Å². The van der Waals surface area contributed by atoms with Gasteiger partial charge >= 0.3 is 6.18 Å². The average molecular weight is 568 g/mol. The fourth-order valence-electron chi connectivity index (χ4n) is 4.82. The van der Waals surface area contributed by atoms with E-state index in [0.29, 0.717) is 24.4 Å². The summed E-state index contributed by atoms with van der Waals surface area (Å²) in [6.07, 6.45) is -3.43. The minimum Gasteiger partial charge on any atom is -0.393 e. The molecule has 2 fully saturated rings. The van der Waals surface area contributed by atoms with Crippen LogP contribution in [0.1, 0.15) is 49.1 Å². The Morgan fingerprint density at radius 1 is 1.02 bits per heavy atom. The molecule has 0 bridgehead atoms. The van der Waals surface area contributed by atoms with Crippen LogP contribution in [0.2, 0.25) is 0 Å². The molecule has 1 atom stereocenters. The number of hydrazine groups is 1. The first-order chi connectivity index (χ1) is 18.8. The molecule has 218 valence electrons. The summed E-state index contributed by atoms with van der Waals surface area (Å²) in [5.41, 5.74) is 8.59. The second kappa shape index (κ2) is 13.2. The third-order valence-corrected chi connectivity index (χ3v) is 7.04. The minimum absolute atomic E-state index is 0.0349. The normalized spacial score (nSPS) is 19.1. The number of hydrogen-bond donors (Lipinski definition) is 4. The maximum Gasteiger partial charge on any atom is 0.432 e. The Bertz CT molecular complexity index is 1190. The molecule has 4 rings (SSSR count). The van der Waals surface area contributed by atoms with Gasteiger partial charge in [0.1, 0.15) is 11.5 Å². The van der Waals surface area contributed by atoms with Gasteiger partial charge in [0.25, 0.3) is 0 Å². The molecule has 0 aromatic heterocycles.